The molecular formula is C75H77N5. The standard InChI is InChI=1S/C75H77N5/c1-46-31-33-50(34-32-46)69-76-70(56-29-21-27-54(48-23-17-15-18-24-48)67(56)79-63-38-35-51(72(3,4)5)42-58(63)59-43-52(73(6,7)8)36-39-64(59)79)78-71(77-69)57-30-22-28-55(49-25-19-16-20-26-49)68(57)80-65-40-37-53(74(9,10)11)44-60(65)61-45-62(75(12,13)14)47(2)41-66(61)80/h15-31,33-40,42-47H,32,41H2,1-14H3. The van der Waals surface area contributed by atoms with Crippen molar-refractivity contribution in [2.45, 2.75) is 126 Å². The number of allylic oxidation sites excluding steroid dienone is 5. The van der Waals surface area contributed by atoms with Crippen molar-refractivity contribution in [2.75, 3.05) is 0 Å². The molecule has 80 heavy (non-hydrogen) atoms. The Labute approximate surface area is 474 Å². The molecule has 0 bridgehead atoms. The summed E-state index contributed by atoms with van der Waals surface area (Å²) >= 11 is 0. The summed E-state index contributed by atoms with van der Waals surface area (Å²) in [5.74, 6) is 2.66. The van der Waals surface area contributed by atoms with Crippen LogP contribution in [0.4, 0.5) is 0 Å². The minimum absolute atomic E-state index is 0.0125. The van der Waals surface area contributed by atoms with Gasteiger partial charge in [-0.15, -0.1) is 0 Å². The smallest absolute Gasteiger partial charge is 0.166 e. The molecule has 2 unspecified atom stereocenters. The Morgan fingerprint density at radius 1 is 0.438 bits per heavy atom. The highest BCUT2D eigenvalue weighted by Crippen LogP contribution is 2.48. The molecule has 3 heterocycles. The van der Waals surface area contributed by atoms with Gasteiger partial charge in [0.05, 0.1) is 27.9 Å². The van der Waals surface area contributed by atoms with Crippen LogP contribution >= 0.6 is 0 Å². The van der Waals surface area contributed by atoms with Crippen LogP contribution in [0.2, 0.25) is 0 Å². The van der Waals surface area contributed by atoms with Crippen molar-refractivity contribution in [1.82, 2.24) is 24.1 Å². The lowest BCUT2D eigenvalue weighted by molar-refractivity contribution is 0.432. The quantitative estimate of drug-likeness (QED) is 0.160. The molecule has 0 saturated heterocycles. The number of fused-ring (bicyclic) bond motifs is 6. The third-order valence-corrected chi connectivity index (χ3v) is 17.0. The lowest BCUT2D eigenvalue weighted by atomic mass is 9.74. The predicted molar refractivity (Wildman–Crippen MR) is 340 cm³/mol. The number of aromatic nitrogens is 5. The molecule has 2 aliphatic carbocycles. The maximum absolute atomic E-state index is 5.83. The summed E-state index contributed by atoms with van der Waals surface area (Å²) in [6, 6.07) is 56.5. The Kier molecular flexibility index (Phi) is 12.8. The molecule has 0 aliphatic heterocycles. The van der Waals surface area contributed by atoms with E-state index >= 15 is 0 Å². The maximum Gasteiger partial charge on any atom is 0.166 e. The second kappa shape index (κ2) is 19.4. The zero-order chi connectivity index (χ0) is 56.2. The van der Waals surface area contributed by atoms with E-state index < -0.39 is 0 Å². The fourth-order valence-corrected chi connectivity index (χ4v) is 12.6. The summed E-state index contributed by atoms with van der Waals surface area (Å²) in [5.41, 5.74) is 20.8. The molecule has 2 atom stereocenters. The summed E-state index contributed by atoms with van der Waals surface area (Å²) in [5, 5.41) is 3.74. The van der Waals surface area contributed by atoms with E-state index in [1.54, 1.807) is 0 Å². The summed E-state index contributed by atoms with van der Waals surface area (Å²) in [6.45, 7) is 32.6. The van der Waals surface area contributed by atoms with Crippen molar-refractivity contribution < 1.29 is 0 Å². The van der Waals surface area contributed by atoms with Crippen LogP contribution in [-0.4, -0.2) is 24.1 Å². The molecule has 0 radical (unpaired) electrons. The minimum Gasteiger partial charge on any atom is -0.312 e. The van der Waals surface area contributed by atoms with Crippen molar-refractivity contribution in [1.29, 1.82) is 0 Å². The van der Waals surface area contributed by atoms with E-state index in [-0.39, 0.29) is 21.7 Å². The van der Waals surface area contributed by atoms with Gasteiger partial charge in [-0.1, -0.05) is 230 Å². The van der Waals surface area contributed by atoms with Crippen LogP contribution in [0.3, 0.4) is 0 Å². The average Bonchev–Trinajstić information content (AvgIpc) is 3.94. The zero-order valence-corrected chi connectivity index (χ0v) is 49.5. The first-order chi connectivity index (χ1) is 38.0. The van der Waals surface area contributed by atoms with Gasteiger partial charge in [-0.05, 0) is 123 Å². The summed E-state index contributed by atoms with van der Waals surface area (Å²) in [6.07, 6.45) is 11.2. The molecule has 0 amide bonds. The van der Waals surface area contributed by atoms with Crippen LogP contribution in [0.5, 0.6) is 0 Å². The van der Waals surface area contributed by atoms with E-state index in [4.69, 9.17) is 15.0 Å². The van der Waals surface area contributed by atoms with Crippen LogP contribution in [-0.2, 0) is 22.7 Å². The Balaban J connectivity index is 1.20. The summed E-state index contributed by atoms with van der Waals surface area (Å²) in [7, 11) is 0. The molecule has 402 valence electrons. The van der Waals surface area contributed by atoms with Gasteiger partial charge in [0.25, 0.3) is 0 Å². The third kappa shape index (κ3) is 9.36. The Hall–Kier alpha value is -7.89. The van der Waals surface area contributed by atoms with Crippen molar-refractivity contribution in [3.63, 3.8) is 0 Å². The van der Waals surface area contributed by atoms with Crippen molar-refractivity contribution >= 4 is 44.4 Å². The molecule has 5 nitrogen and oxygen atoms in total. The van der Waals surface area contributed by atoms with Gasteiger partial charge < -0.3 is 9.13 Å². The van der Waals surface area contributed by atoms with Crippen LogP contribution in [0, 0.1) is 17.3 Å². The number of nitrogens with zero attached hydrogens (tertiary/aromatic N) is 5. The minimum atomic E-state index is -0.0440. The Morgan fingerprint density at radius 2 is 0.875 bits per heavy atom. The van der Waals surface area contributed by atoms with Gasteiger partial charge in [0.2, 0.25) is 0 Å². The van der Waals surface area contributed by atoms with E-state index in [1.165, 1.54) is 55.2 Å². The lowest BCUT2D eigenvalue weighted by Crippen LogP contribution is -2.22. The summed E-state index contributed by atoms with van der Waals surface area (Å²) < 4.78 is 5.08. The fourth-order valence-electron chi connectivity index (χ4n) is 12.6. The van der Waals surface area contributed by atoms with Gasteiger partial charge in [0.15, 0.2) is 17.5 Å². The maximum atomic E-state index is 5.83. The molecule has 2 aliphatic rings. The lowest BCUT2D eigenvalue weighted by Gasteiger charge is -2.32. The van der Waals surface area contributed by atoms with Crippen LogP contribution < -0.4 is 0 Å². The number of hydrogen-bond acceptors (Lipinski definition) is 3. The molecule has 5 heteroatoms. The number of benzene rings is 7. The first-order valence-electron chi connectivity index (χ1n) is 29.0. The van der Waals surface area contributed by atoms with Gasteiger partial charge in [-0.25, -0.2) is 15.0 Å². The van der Waals surface area contributed by atoms with Gasteiger partial charge >= 0.3 is 0 Å². The number of rotatable bonds is 7. The van der Waals surface area contributed by atoms with Gasteiger partial charge in [0, 0.05) is 55.2 Å². The number of hydrogen-bond donors (Lipinski definition) is 0. The third-order valence-electron chi connectivity index (χ3n) is 17.0. The molecular weight excluding hydrogens is 971 g/mol. The zero-order valence-electron chi connectivity index (χ0n) is 49.5. The molecule has 0 fully saturated rings. The van der Waals surface area contributed by atoms with E-state index in [2.05, 4.69) is 282 Å². The second-order valence-corrected chi connectivity index (χ2v) is 27.1. The van der Waals surface area contributed by atoms with Crippen molar-refractivity contribution in [2.24, 2.45) is 17.3 Å². The van der Waals surface area contributed by atoms with Gasteiger partial charge in [-0.3, -0.25) is 0 Å². The first-order valence-corrected chi connectivity index (χ1v) is 29.0. The molecule has 12 rings (SSSR count). The van der Waals surface area contributed by atoms with E-state index in [9.17, 15) is 0 Å². The highest BCUT2D eigenvalue weighted by molar-refractivity contribution is 6.11. The van der Waals surface area contributed by atoms with Crippen LogP contribution in [0.15, 0.2) is 175 Å². The highest BCUT2D eigenvalue weighted by atomic mass is 15.1. The van der Waals surface area contributed by atoms with E-state index in [0.717, 1.165) is 74.2 Å². The highest BCUT2D eigenvalue weighted by Gasteiger charge is 2.34. The molecule has 7 aromatic carbocycles. The second-order valence-electron chi connectivity index (χ2n) is 27.1. The Bertz CT molecular complexity index is 4090. The number of para-hydroxylation sites is 2. The molecule has 3 aromatic heterocycles. The van der Waals surface area contributed by atoms with Crippen molar-refractivity contribution in [3.8, 4) is 56.4 Å². The fraction of sp³-hybridized carbons (Fsp3) is 0.293. The SMILES string of the molecule is CC1C=CC(c2nc(-c3cccc(-c4ccccc4)c3-n3c4c(c5cc(C(C)(C)C)ccc53)C=C(C(C)(C)C)C(C)C4)nc(-c3cccc(-c4ccccc4)c3-n3c4ccc(C(C)(C)C)cc4c4cc(C(C)(C)C)ccc43)n2)=CC1. The predicted octanol–water partition coefficient (Wildman–Crippen LogP) is 20.1. The molecule has 0 saturated carbocycles. The van der Waals surface area contributed by atoms with E-state index in [0.29, 0.717) is 29.3 Å². The Morgan fingerprint density at radius 3 is 1.32 bits per heavy atom. The van der Waals surface area contributed by atoms with Crippen molar-refractivity contribution in [3.05, 3.63) is 209 Å². The van der Waals surface area contributed by atoms with Crippen LogP contribution in [0.25, 0.3) is 101 Å². The molecule has 0 N–H and O–H groups in total. The molecule has 0 spiro atoms. The largest absolute Gasteiger partial charge is 0.312 e. The van der Waals surface area contributed by atoms with Crippen LogP contribution in [0.1, 0.15) is 137 Å². The topological polar surface area (TPSA) is 48.5 Å². The summed E-state index contributed by atoms with van der Waals surface area (Å²) in [4.78, 5) is 17.1. The normalized spacial score (nSPS) is 16.1. The first kappa shape index (κ1) is 52.8. The molecule has 10 aromatic rings. The van der Waals surface area contributed by atoms with E-state index in [1.807, 2.05) is 0 Å². The monoisotopic (exact) mass is 1050 g/mol. The average molecular weight is 1050 g/mol. The van der Waals surface area contributed by atoms with Gasteiger partial charge in [0.1, 0.15) is 0 Å². The van der Waals surface area contributed by atoms with Gasteiger partial charge in [-0.2, -0.15) is 0 Å².